The van der Waals surface area contributed by atoms with E-state index in [2.05, 4.69) is 16.7 Å². The van der Waals surface area contributed by atoms with Crippen LogP contribution in [0.5, 0.6) is 0 Å². The molecule has 17 heteroatoms. The fraction of sp³-hybridized carbons (Fsp3) is 0.385. The zero-order valence-corrected chi connectivity index (χ0v) is 32.7. The number of phosphoric ester groups is 1. The number of allylic oxidation sites excluding steroid dienone is 2. The molecule has 0 amide bonds. The maximum Gasteiger partial charge on any atom is 0.475 e. The molecule has 0 N–H and O–H groups in total. The lowest BCUT2D eigenvalue weighted by Crippen LogP contribution is -2.49. The van der Waals surface area contributed by atoms with Gasteiger partial charge in [0.15, 0.2) is 11.9 Å². The van der Waals surface area contributed by atoms with E-state index in [4.69, 9.17) is 27.8 Å². The number of aromatic nitrogens is 3. The molecular weight excluding hydrogens is 772 g/mol. The van der Waals surface area contributed by atoms with Crippen molar-refractivity contribution in [2.75, 3.05) is 33.0 Å². The number of nitrogens with zero attached hydrogens (tertiary/aromatic N) is 4. The van der Waals surface area contributed by atoms with E-state index in [-0.39, 0.29) is 61.3 Å². The molecule has 3 aliphatic heterocycles. The molecular formula is C39H42F3N4O8PS. The quantitative estimate of drug-likeness (QED) is 0.135. The smallest absolute Gasteiger partial charge is 0.450 e. The van der Waals surface area contributed by atoms with E-state index in [0.29, 0.717) is 5.56 Å². The predicted molar refractivity (Wildman–Crippen MR) is 203 cm³/mol. The van der Waals surface area contributed by atoms with Crippen LogP contribution in [0.4, 0.5) is 13.2 Å². The van der Waals surface area contributed by atoms with E-state index in [1.807, 2.05) is 6.07 Å². The highest BCUT2D eigenvalue weighted by atomic mass is 32.2. The average molecular weight is 815 g/mol. The van der Waals surface area contributed by atoms with E-state index in [9.17, 15) is 19.0 Å². The lowest BCUT2D eigenvalue weighted by atomic mass is 9.86. The third kappa shape index (κ3) is 10.9. The zero-order valence-electron chi connectivity index (χ0n) is 31.0. The Bertz CT molecular complexity index is 2030. The summed E-state index contributed by atoms with van der Waals surface area (Å²) in [5, 5.41) is 12.6. The number of benzene rings is 2. The van der Waals surface area contributed by atoms with Gasteiger partial charge in [-0.25, -0.2) is 27.4 Å². The first-order valence-corrected chi connectivity index (χ1v) is 20.0. The van der Waals surface area contributed by atoms with Gasteiger partial charge in [-0.3, -0.25) is 18.4 Å². The highest BCUT2D eigenvalue weighted by molar-refractivity contribution is 8.00. The second-order valence-electron chi connectivity index (χ2n) is 13.4. The third-order valence-electron chi connectivity index (χ3n) is 8.94. The highest BCUT2D eigenvalue weighted by Crippen LogP contribution is 2.50. The summed E-state index contributed by atoms with van der Waals surface area (Å²) in [6.45, 7) is 7.53. The van der Waals surface area contributed by atoms with Gasteiger partial charge >= 0.3 is 13.8 Å². The van der Waals surface area contributed by atoms with E-state index >= 15 is 8.78 Å². The van der Waals surface area contributed by atoms with E-state index < -0.39 is 60.4 Å². The van der Waals surface area contributed by atoms with Gasteiger partial charge in [0.1, 0.15) is 30.1 Å². The number of ether oxygens (including phenoxy) is 3. The number of phosphoric acid groups is 1. The van der Waals surface area contributed by atoms with Crippen LogP contribution in [0.3, 0.4) is 0 Å². The molecule has 3 aliphatic rings. The van der Waals surface area contributed by atoms with Crippen LogP contribution in [-0.4, -0.2) is 70.6 Å². The van der Waals surface area contributed by atoms with E-state index in [1.165, 1.54) is 47.3 Å². The number of halogens is 3. The number of thioether (sulfide) groups is 1. The molecule has 1 fully saturated rings. The zero-order chi connectivity index (χ0) is 40.3. The molecule has 3 atom stereocenters. The van der Waals surface area contributed by atoms with Gasteiger partial charge in [-0.1, -0.05) is 30.4 Å². The first-order valence-electron chi connectivity index (χ1n) is 17.6. The number of fused-ring (bicyclic) bond motifs is 15. The van der Waals surface area contributed by atoms with Crippen LogP contribution in [0, 0.1) is 28.4 Å². The molecule has 56 heavy (non-hydrogen) atoms. The van der Waals surface area contributed by atoms with E-state index in [1.54, 1.807) is 57.2 Å². The lowest BCUT2D eigenvalue weighted by Gasteiger charge is -2.42. The Morgan fingerprint density at radius 1 is 1.14 bits per heavy atom. The Hall–Kier alpha value is -4.33. The summed E-state index contributed by atoms with van der Waals surface area (Å²) in [6, 6.07) is 9.54. The Morgan fingerprint density at radius 3 is 2.62 bits per heavy atom. The number of carbonyl (C=O) groups is 1. The van der Waals surface area contributed by atoms with Crippen molar-refractivity contribution in [2.45, 2.75) is 56.1 Å². The number of rotatable bonds is 6. The SMILES string of the molecule is C=CCOP1(=O)OC/C=C(/F)c2cc(C#N)ccc2/C=C/C=C/[C@H]2OC[C@@H](CO2)S[C@H](C)[C@](Cn2cncn2)(c2ccc(F)cc2F)OC(=O)C(C)(C)CCO1. The molecule has 3 aromatic rings. The van der Waals surface area contributed by atoms with Crippen LogP contribution in [0.1, 0.15) is 49.4 Å². The first-order chi connectivity index (χ1) is 26.8. The minimum atomic E-state index is -4.36. The molecule has 0 saturated carbocycles. The maximum absolute atomic E-state index is 15.9. The summed E-state index contributed by atoms with van der Waals surface area (Å²) in [6.07, 6.45) is 10.8. The second kappa shape index (κ2) is 19.2. The van der Waals surface area contributed by atoms with Crippen molar-refractivity contribution in [1.82, 2.24) is 14.8 Å². The Morgan fingerprint density at radius 2 is 1.93 bits per heavy atom. The summed E-state index contributed by atoms with van der Waals surface area (Å²) in [5.41, 5.74) is -2.48. The van der Waals surface area contributed by atoms with Gasteiger partial charge < -0.3 is 14.2 Å². The second-order valence-corrected chi connectivity index (χ2v) is 16.8. The largest absolute Gasteiger partial charge is 0.475 e. The van der Waals surface area contributed by atoms with Gasteiger partial charge in [0.05, 0.1) is 61.9 Å². The van der Waals surface area contributed by atoms with Crippen LogP contribution >= 0.6 is 19.6 Å². The van der Waals surface area contributed by atoms with Crippen molar-refractivity contribution in [3.8, 4) is 6.07 Å². The van der Waals surface area contributed by atoms with Crippen LogP contribution in [0.2, 0.25) is 0 Å². The number of esters is 1. The molecule has 1 aromatic heterocycles. The minimum absolute atomic E-state index is 0.0920. The van der Waals surface area contributed by atoms with Crippen molar-refractivity contribution in [2.24, 2.45) is 5.41 Å². The monoisotopic (exact) mass is 814 g/mol. The third-order valence-corrected chi connectivity index (χ3v) is 11.8. The van der Waals surface area contributed by atoms with Gasteiger partial charge in [0, 0.05) is 22.4 Å². The molecule has 12 nitrogen and oxygen atoms in total. The molecule has 1 saturated heterocycles. The van der Waals surface area contributed by atoms with Crippen LogP contribution in [-0.2, 0) is 49.3 Å². The van der Waals surface area contributed by atoms with Gasteiger partial charge in [-0.15, -0.1) is 18.3 Å². The number of hydrogen-bond donors (Lipinski definition) is 0. The Kier molecular flexibility index (Phi) is 14.7. The molecule has 298 valence electrons. The lowest BCUT2D eigenvalue weighted by molar-refractivity contribution is -0.175. The normalized spacial score (nSPS) is 28.7. The molecule has 2 bridgehead atoms. The Balaban J connectivity index is 1.52. The molecule has 2 aromatic carbocycles. The highest BCUT2D eigenvalue weighted by Gasteiger charge is 2.49. The summed E-state index contributed by atoms with van der Waals surface area (Å²) >= 11 is 1.33. The minimum Gasteiger partial charge on any atom is -0.450 e. The van der Waals surface area contributed by atoms with Crippen molar-refractivity contribution in [3.05, 3.63) is 120 Å². The maximum atomic E-state index is 15.9. The van der Waals surface area contributed by atoms with Gasteiger partial charge in [-0.05, 0) is 69.2 Å². The fourth-order valence-electron chi connectivity index (χ4n) is 5.76. The summed E-state index contributed by atoms with van der Waals surface area (Å²) < 4.78 is 95.5. The van der Waals surface area contributed by atoms with Crippen LogP contribution in [0.15, 0.2) is 86.0 Å². The topological polar surface area (TPSA) is 144 Å². The van der Waals surface area contributed by atoms with Crippen molar-refractivity contribution in [3.63, 3.8) is 0 Å². The van der Waals surface area contributed by atoms with E-state index in [0.717, 1.165) is 18.2 Å². The first kappa shape index (κ1) is 42.8. The van der Waals surface area contributed by atoms with Gasteiger partial charge in [-0.2, -0.15) is 10.4 Å². The molecule has 1 unspecified atom stereocenters. The molecule has 0 radical (unpaired) electrons. The summed E-state index contributed by atoms with van der Waals surface area (Å²) in [5.74, 6) is -3.31. The summed E-state index contributed by atoms with van der Waals surface area (Å²) in [4.78, 5) is 18.3. The van der Waals surface area contributed by atoms with Crippen LogP contribution < -0.4 is 0 Å². The molecule has 4 heterocycles. The number of hydrogen-bond acceptors (Lipinski definition) is 12. The molecule has 0 spiro atoms. The predicted octanol–water partition coefficient (Wildman–Crippen LogP) is 8.08. The van der Waals surface area contributed by atoms with Crippen molar-refractivity contribution < 1.29 is 50.3 Å². The van der Waals surface area contributed by atoms with Crippen molar-refractivity contribution in [1.29, 1.82) is 5.26 Å². The molecule has 6 rings (SSSR count). The fourth-order valence-corrected chi connectivity index (χ4v) is 8.20. The Labute approximate surface area is 327 Å². The standard InChI is InChI=1S/C39H42F3N4O8PS/c1-5-16-51-55(48)52-17-14-34(41)32-19-28(21-43)10-11-29(32)8-6-7-9-36-49-22-31(23-50-36)56-27(2)39(24-46-26-44-25-45-46,33-13-12-30(40)20-35(33)42)54-37(47)38(3,4)15-18-53-55/h5-14,19-20,25-27,31,36H,1,15-18,22-24H2,2-4H3/b8-6+,9-7+,34-14+/t27-,31-,36-,39-,55?/m1/s1. The number of nitriles is 1. The van der Waals surface area contributed by atoms with Crippen LogP contribution in [0.25, 0.3) is 11.9 Å². The van der Waals surface area contributed by atoms with Gasteiger partial charge in [0.25, 0.3) is 0 Å². The number of carbonyl (C=O) groups excluding carboxylic acids is 1. The van der Waals surface area contributed by atoms with Crippen molar-refractivity contribution >= 4 is 37.5 Å². The van der Waals surface area contributed by atoms with Gasteiger partial charge in [0.2, 0.25) is 0 Å². The summed E-state index contributed by atoms with van der Waals surface area (Å²) in [7, 11) is -4.36. The average Bonchev–Trinajstić information content (AvgIpc) is 3.68. The molecule has 0 aliphatic carbocycles.